The molecule has 0 spiro atoms. The number of ether oxygens (including phenoxy) is 1. The largest absolute Gasteiger partial charge is 0.380 e. The minimum Gasteiger partial charge on any atom is -0.380 e. The highest BCUT2D eigenvalue weighted by Gasteiger charge is 2.30. The summed E-state index contributed by atoms with van der Waals surface area (Å²) >= 11 is 1.47. The van der Waals surface area contributed by atoms with E-state index >= 15 is 0 Å². The lowest BCUT2D eigenvalue weighted by Crippen LogP contribution is -2.29. The van der Waals surface area contributed by atoms with Crippen molar-refractivity contribution in [3.8, 4) is 0 Å². The van der Waals surface area contributed by atoms with Gasteiger partial charge in [-0.3, -0.25) is 9.10 Å². The van der Waals surface area contributed by atoms with Crippen molar-refractivity contribution >= 4 is 53.9 Å². The van der Waals surface area contributed by atoms with E-state index in [1.54, 1.807) is 0 Å². The van der Waals surface area contributed by atoms with Crippen LogP contribution in [-0.2, 0) is 27.7 Å². The van der Waals surface area contributed by atoms with Gasteiger partial charge in [0.1, 0.15) is 0 Å². The molecule has 2 heterocycles. The summed E-state index contributed by atoms with van der Waals surface area (Å²) < 4.78 is 36.8. The van der Waals surface area contributed by atoms with Crippen LogP contribution in [-0.4, -0.2) is 38.7 Å². The number of fused-ring (bicyclic) bond motifs is 4. The van der Waals surface area contributed by atoms with Gasteiger partial charge in [0.2, 0.25) is 0 Å². The molecule has 6 rings (SSSR count). The molecule has 198 valence electrons. The van der Waals surface area contributed by atoms with E-state index in [-0.39, 0.29) is 4.90 Å². The molecule has 1 aliphatic heterocycles. The summed E-state index contributed by atoms with van der Waals surface area (Å²) in [7, 11) is -3.74. The minimum atomic E-state index is -3.74. The van der Waals surface area contributed by atoms with Crippen LogP contribution in [0, 0.1) is 0 Å². The lowest BCUT2D eigenvalue weighted by atomic mass is 10.1. The van der Waals surface area contributed by atoms with E-state index in [1.165, 1.54) is 39.9 Å². The molecule has 0 N–H and O–H groups in total. The molecule has 5 aromatic rings. The molecular formula is C30H27N3O4S2. The van der Waals surface area contributed by atoms with Crippen LogP contribution < -0.4 is 9.11 Å². The molecule has 0 unspecified atom stereocenters. The van der Waals surface area contributed by atoms with Crippen LogP contribution in [0.4, 0.5) is 5.69 Å². The second-order valence-electron chi connectivity index (χ2n) is 9.27. The van der Waals surface area contributed by atoms with Crippen molar-refractivity contribution in [2.24, 2.45) is 4.99 Å². The Morgan fingerprint density at radius 1 is 0.974 bits per heavy atom. The van der Waals surface area contributed by atoms with Gasteiger partial charge in [-0.15, -0.1) is 0 Å². The van der Waals surface area contributed by atoms with Gasteiger partial charge in [-0.2, -0.15) is 4.99 Å². The predicted octanol–water partition coefficient (Wildman–Crippen LogP) is 5.39. The zero-order valence-corrected chi connectivity index (χ0v) is 23.0. The summed E-state index contributed by atoms with van der Waals surface area (Å²) in [5.74, 6) is -0.425. The number of amides is 1. The SMILES string of the molecule is CCOCCn1c(=NC(=O)c2ccc(S(=O)(=O)N3CCc4ccccc43)cc2)sc2c3ccccc3ccc21. The number of carbonyl (C=O) groups is 1. The summed E-state index contributed by atoms with van der Waals surface area (Å²) in [6.45, 7) is 4.02. The van der Waals surface area contributed by atoms with Gasteiger partial charge < -0.3 is 9.30 Å². The second-order valence-corrected chi connectivity index (χ2v) is 12.1. The Labute approximate surface area is 230 Å². The molecule has 1 aliphatic rings. The number of anilines is 1. The first-order valence-corrected chi connectivity index (χ1v) is 15.1. The maximum atomic E-state index is 13.3. The molecule has 4 aromatic carbocycles. The summed E-state index contributed by atoms with van der Waals surface area (Å²) in [6.07, 6.45) is 0.679. The molecule has 0 radical (unpaired) electrons. The van der Waals surface area contributed by atoms with E-state index in [4.69, 9.17) is 4.74 Å². The number of rotatable bonds is 7. The van der Waals surface area contributed by atoms with Crippen LogP contribution in [0.15, 0.2) is 94.8 Å². The molecule has 0 aliphatic carbocycles. The standard InChI is InChI=1S/C30H27N3O4S2/c1-2-37-20-19-32-27-16-13-21-7-3-5-9-25(21)28(27)38-30(32)31-29(34)23-11-14-24(15-12-23)39(35,36)33-18-17-22-8-4-6-10-26(22)33/h3-16H,2,17-20H2,1H3. The van der Waals surface area contributed by atoms with Crippen molar-refractivity contribution in [2.75, 3.05) is 24.1 Å². The summed E-state index contributed by atoms with van der Waals surface area (Å²) in [5, 5.41) is 2.23. The van der Waals surface area contributed by atoms with Crippen LogP contribution >= 0.6 is 11.3 Å². The molecule has 0 atom stereocenters. The zero-order valence-electron chi connectivity index (χ0n) is 21.4. The van der Waals surface area contributed by atoms with E-state index < -0.39 is 15.9 Å². The lowest BCUT2D eigenvalue weighted by Gasteiger charge is -2.19. The van der Waals surface area contributed by atoms with E-state index in [1.807, 2.05) is 47.9 Å². The van der Waals surface area contributed by atoms with Gasteiger partial charge in [0.05, 0.1) is 27.4 Å². The normalized spacial score (nSPS) is 13.9. The number of thiazole rings is 1. The summed E-state index contributed by atoms with van der Waals surface area (Å²) in [5.41, 5.74) is 3.05. The van der Waals surface area contributed by atoms with Gasteiger partial charge in [0.15, 0.2) is 4.80 Å². The molecule has 0 saturated carbocycles. The molecule has 0 saturated heterocycles. The molecule has 1 aromatic heterocycles. The van der Waals surface area contributed by atoms with Gasteiger partial charge in [-0.25, -0.2) is 8.42 Å². The third-order valence-corrected chi connectivity index (χ3v) is 9.92. The van der Waals surface area contributed by atoms with Crippen LogP contribution in [0.3, 0.4) is 0 Å². The number of carbonyl (C=O) groups excluding carboxylic acids is 1. The number of hydrogen-bond donors (Lipinski definition) is 0. The second kappa shape index (κ2) is 10.4. The Morgan fingerprint density at radius 3 is 2.56 bits per heavy atom. The Balaban J connectivity index is 1.34. The molecule has 39 heavy (non-hydrogen) atoms. The highest BCUT2D eigenvalue weighted by Crippen LogP contribution is 2.33. The van der Waals surface area contributed by atoms with Gasteiger partial charge in [0.25, 0.3) is 15.9 Å². The van der Waals surface area contributed by atoms with Crippen molar-refractivity contribution in [3.05, 3.63) is 101 Å². The highest BCUT2D eigenvalue weighted by molar-refractivity contribution is 7.92. The fraction of sp³-hybridized carbons (Fsp3) is 0.200. The molecule has 1 amide bonds. The Hall–Kier alpha value is -3.79. The topological polar surface area (TPSA) is 81.0 Å². The monoisotopic (exact) mass is 557 g/mol. The van der Waals surface area contributed by atoms with Crippen LogP contribution in [0.2, 0.25) is 0 Å². The van der Waals surface area contributed by atoms with Crippen LogP contribution in [0.5, 0.6) is 0 Å². The smallest absolute Gasteiger partial charge is 0.279 e. The first-order valence-electron chi connectivity index (χ1n) is 12.9. The molecular weight excluding hydrogens is 530 g/mol. The zero-order chi connectivity index (χ0) is 27.0. The van der Waals surface area contributed by atoms with Crippen LogP contribution in [0.1, 0.15) is 22.8 Å². The van der Waals surface area contributed by atoms with Gasteiger partial charge in [-0.1, -0.05) is 59.9 Å². The highest BCUT2D eigenvalue weighted by atomic mass is 32.2. The van der Waals surface area contributed by atoms with Crippen molar-refractivity contribution in [3.63, 3.8) is 0 Å². The number of para-hydroxylation sites is 1. The molecule has 7 nitrogen and oxygen atoms in total. The number of hydrogen-bond acceptors (Lipinski definition) is 5. The van der Waals surface area contributed by atoms with Crippen molar-refractivity contribution < 1.29 is 17.9 Å². The van der Waals surface area contributed by atoms with E-state index in [0.717, 1.165) is 26.6 Å². The quantitative estimate of drug-likeness (QED) is 0.252. The Morgan fingerprint density at radius 2 is 1.74 bits per heavy atom. The number of sulfonamides is 1. The maximum Gasteiger partial charge on any atom is 0.279 e. The maximum absolute atomic E-state index is 13.3. The van der Waals surface area contributed by atoms with Crippen LogP contribution in [0.25, 0.3) is 21.0 Å². The predicted molar refractivity (Wildman–Crippen MR) is 155 cm³/mol. The van der Waals surface area contributed by atoms with Gasteiger partial charge in [0, 0.05) is 30.6 Å². The van der Waals surface area contributed by atoms with Gasteiger partial charge in [-0.05, 0) is 60.7 Å². The average molecular weight is 558 g/mol. The first-order chi connectivity index (χ1) is 19.0. The van der Waals surface area contributed by atoms with Crippen molar-refractivity contribution in [1.82, 2.24) is 4.57 Å². The molecule has 9 heteroatoms. The summed E-state index contributed by atoms with van der Waals surface area (Å²) in [6, 6.07) is 25.9. The molecule has 0 bridgehead atoms. The number of benzene rings is 4. The number of aromatic nitrogens is 1. The number of nitrogens with zero attached hydrogens (tertiary/aromatic N) is 3. The fourth-order valence-electron chi connectivity index (χ4n) is 5.01. The van der Waals surface area contributed by atoms with E-state index in [2.05, 4.69) is 29.3 Å². The third-order valence-electron chi connectivity index (χ3n) is 6.97. The van der Waals surface area contributed by atoms with Crippen molar-refractivity contribution in [2.45, 2.75) is 24.8 Å². The third kappa shape index (κ3) is 4.67. The minimum absolute atomic E-state index is 0.149. The average Bonchev–Trinajstić information content (AvgIpc) is 3.55. The summed E-state index contributed by atoms with van der Waals surface area (Å²) in [4.78, 5) is 18.5. The Bertz CT molecular complexity index is 1870. The lowest BCUT2D eigenvalue weighted by molar-refractivity contribution is 0.0996. The van der Waals surface area contributed by atoms with Crippen molar-refractivity contribution in [1.29, 1.82) is 0 Å². The fourth-order valence-corrected chi connectivity index (χ4v) is 7.70. The Kier molecular flexibility index (Phi) is 6.80. The first kappa shape index (κ1) is 25.5. The van der Waals surface area contributed by atoms with E-state index in [0.29, 0.717) is 48.8 Å². The van der Waals surface area contributed by atoms with Gasteiger partial charge >= 0.3 is 0 Å². The van der Waals surface area contributed by atoms with E-state index in [9.17, 15) is 13.2 Å². The molecule has 0 fully saturated rings.